The van der Waals surface area contributed by atoms with Crippen LogP contribution in [-0.2, 0) is 0 Å². The number of anilines is 1. The molecule has 0 radical (unpaired) electrons. The van der Waals surface area contributed by atoms with E-state index >= 15 is 0 Å². The Kier molecular flexibility index (Phi) is 2.33. The zero-order chi connectivity index (χ0) is 12.5. The van der Waals surface area contributed by atoms with Crippen LogP contribution in [0.1, 0.15) is 0 Å². The van der Waals surface area contributed by atoms with Crippen LogP contribution in [0.25, 0.3) is 17.0 Å². The highest BCUT2D eigenvalue weighted by Crippen LogP contribution is 2.21. The van der Waals surface area contributed by atoms with Crippen molar-refractivity contribution in [3.8, 4) is 17.1 Å². The molecule has 6 heteroatoms. The molecule has 90 valence electrons. The van der Waals surface area contributed by atoms with Crippen LogP contribution in [0.3, 0.4) is 0 Å². The first kappa shape index (κ1) is 10.5. The second-order valence-corrected chi connectivity index (χ2v) is 3.77. The summed E-state index contributed by atoms with van der Waals surface area (Å²) in [6.45, 7) is 0. The van der Waals surface area contributed by atoms with E-state index in [0.717, 1.165) is 17.1 Å². The molecule has 0 aliphatic carbocycles. The first-order chi connectivity index (χ1) is 8.78. The van der Waals surface area contributed by atoms with Crippen molar-refractivity contribution in [2.75, 3.05) is 12.8 Å². The highest BCUT2D eigenvalue weighted by Gasteiger charge is 2.08. The van der Waals surface area contributed by atoms with E-state index in [9.17, 15) is 0 Å². The van der Waals surface area contributed by atoms with Gasteiger partial charge in [0, 0.05) is 12.3 Å². The van der Waals surface area contributed by atoms with Gasteiger partial charge in [-0.2, -0.15) is 0 Å². The van der Waals surface area contributed by atoms with Crippen molar-refractivity contribution in [2.45, 2.75) is 0 Å². The van der Waals surface area contributed by atoms with Gasteiger partial charge in [-0.15, -0.1) is 0 Å². The summed E-state index contributed by atoms with van der Waals surface area (Å²) in [5.41, 5.74) is 7.94. The van der Waals surface area contributed by atoms with Gasteiger partial charge in [-0.25, -0.2) is 9.97 Å². The van der Waals surface area contributed by atoms with Crippen LogP contribution in [0.4, 0.5) is 5.82 Å². The smallest absolute Gasteiger partial charge is 0.142 e. The van der Waals surface area contributed by atoms with Crippen LogP contribution in [0, 0.1) is 0 Å². The Morgan fingerprint density at radius 2 is 2.17 bits per heavy atom. The van der Waals surface area contributed by atoms with E-state index in [2.05, 4.69) is 15.0 Å². The van der Waals surface area contributed by atoms with Gasteiger partial charge in [0.25, 0.3) is 0 Å². The zero-order valence-corrected chi connectivity index (χ0v) is 9.74. The molecule has 3 rings (SSSR count). The minimum absolute atomic E-state index is 0.385. The summed E-state index contributed by atoms with van der Waals surface area (Å²) >= 11 is 0. The molecule has 0 bridgehead atoms. The van der Waals surface area contributed by atoms with Crippen molar-refractivity contribution in [1.82, 2.24) is 19.4 Å². The number of nitrogens with two attached hydrogens (primary N) is 1. The molecule has 0 aromatic carbocycles. The number of imidazole rings is 1. The van der Waals surface area contributed by atoms with E-state index in [1.807, 2.05) is 22.7 Å². The molecule has 3 aromatic heterocycles. The maximum atomic E-state index is 5.63. The summed E-state index contributed by atoms with van der Waals surface area (Å²) in [5.74, 6) is 1.15. The molecule has 0 saturated heterocycles. The third kappa shape index (κ3) is 1.64. The zero-order valence-electron chi connectivity index (χ0n) is 9.74. The van der Waals surface area contributed by atoms with Gasteiger partial charge in [-0.05, 0) is 6.07 Å². The molecular weight excluding hydrogens is 230 g/mol. The monoisotopic (exact) mass is 241 g/mol. The van der Waals surface area contributed by atoms with Crippen LogP contribution >= 0.6 is 0 Å². The number of hydrogen-bond donors (Lipinski definition) is 1. The van der Waals surface area contributed by atoms with Crippen molar-refractivity contribution in [1.29, 1.82) is 0 Å². The lowest BCUT2D eigenvalue weighted by atomic mass is 10.3. The number of ether oxygens (including phenoxy) is 1. The largest absolute Gasteiger partial charge is 0.497 e. The van der Waals surface area contributed by atoms with E-state index in [0.29, 0.717) is 11.5 Å². The Bertz CT molecular complexity index is 707. The molecule has 3 heterocycles. The molecule has 3 aromatic rings. The first-order valence-electron chi connectivity index (χ1n) is 5.37. The molecular formula is C12H11N5O. The average Bonchev–Trinajstić information content (AvgIpc) is 2.81. The highest BCUT2D eigenvalue weighted by molar-refractivity contribution is 5.61. The second kappa shape index (κ2) is 3.99. The van der Waals surface area contributed by atoms with Crippen LogP contribution in [0.5, 0.6) is 5.75 Å². The van der Waals surface area contributed by atoms with Crippen molar-refractivity contribution in [3.05, 3.63) is 36.9 Å². The molecule has 6 nitrogen and oxygen atoms in total. The normalized spacial score (nSPS) is 10.7. The number of nitrogen functional groups attached to an aromatic ring is 1. The van der Waals surface area contributed by atoms with Crippen molar-refractivity contribution in [2.24, 2.45) is 0 Å². The number of methoxy groups -OCH3 is 1. The standard InChI is InChI=1S/C12H11N5O/c1-18-8-2-3-17-10(6-15-12(17)4-8)9-5-14-7-11(13)16-9/h2-7H,1H3,(H2,13,16). The summed E-state index contributed by atoms with van der Waals surface area (Å²) in [7, 11) is 1.62. The van der Waals surface area contributed by atoms with E-state index in [1.54, 1.807) is 19.5 Å². The third-order valence-corrected chi connectivity index (χ3v) is 2.64. The van der Waals surface area contributed by atoms with Gasteiger partial charge >= 0.3 is 0 Å². The number of hydrogen-bond acceptors (Lipinski definition) is 5. The van der Waals surface area contributed by atoms with Crippen LogP contribution in [-0.4, -0.2) is 26.5 Å². The highest BCUT2D eigenvalue weighted by atomic mass is 16.5. The SMILES string of the molecule is COc1ccn2c(-c3cncc(N)n3)cnc2c1. The topological polar surface area (TPSA) is 78.3 Å². The van der Waals surface area contributed by atoms with Crippen molar-refractivity contribution < 1.29 is 4.74 Å². The molecule has 0 fully saturated rings. The molecule has 0 unspecified atom stereocenters. The minimum atomic E-state index is 0.385. The first-order valence-corrected chi connectivity index (χ1v) is 5.37. The van der Waals surface area contributed by atoms with Gasteiger partial charge in [0.15, 0.2) is 0 Å². The molecule has 0 aliphatic rings. The fraction of sp³-hybridized carbons (Fsp3) is 0.0833. The summed E-state index contributed by atoms with van der Waals surface area (Å²) in [6.07, 6.45) is 6.78. The molecule has 0 amide bonds. The summed E-state index contributed by atoms with van der Waals surface area (Å²) < 4.78 is 7.06. The molecule has 2 N–H and O–H groups in total. The van der Waals surface area contributed by atoms with Gasteiger partial charge in [0.1, 0.15) is 22.9 Å². The van der Waals surface area contributed by atoms with Crippen LogP contribution < -0.4 is 10.5 Å². The number of aromatic nitrogens is 4. The van der Waals surface area contributed by atoms with Crippen molar-refractivity contribution in [3.63, 3.8) is 0 Å². The molecule has 18 heavy (non-hydrogen) atoms. The summed E-state index contributed by atoms with van der Waals surface area (Å²) in [4.78, 5) is 12.6. The number of fused-ring (bicyclic) bond motifs is 1. The number of nitrogens with zero attached hydrogens (tertiary/aromatic N) is 4. The Labute approximate surface area is 103 Å². The maximum Gasteiger partial charge on any atom is 0.142 e. The Morgan fingerprint density at radius 1 is 1.28 bits per heavy atom. The van der Waals surface area contributed by atoms with Gasteiger partial charge in [-0.1, -0.05) is 0 Å². The predicted octanol–water partition coefficient (Wildman–Crippen LogP) is 1.38. The van der Waals surface area contributed by atoms with E-state index < -0.39 is 0 Å². The quantitative estimate of drug-likeness (QED) is 0.733. The molecule has 0 saturated carbocycles. The predicted molar refractivity (Wildman–Crippen MR) is 67.2 cm³/mol. The molecule has 0 aliphatic heterocycles. The summed E-state index contributed by atoms with van der Waals surface area (Å²) in [6, 6.07) is 3.71. The molecule has 0 atom stereocenters. The van der Waals surface area contributed by atoms with E-state index in [-0.39, 0.29) is 0 Å². The lowest BCUT2D eigenvalue weighted by Crippen LogP contribution is -1.96. The third-order valence-electron chi connectivity index (χ3n) is 2.64. The van der Waals surface area contributed by atoms with Crippen molar-refractivity contribution >= 4 is 11.5 Å². The maximum absolute atomic E-state index is 5.63. The van der Waals surface area contributed by atoms with Crippen LogP contribution in [0.15, 0.2) is 36.9 Å². The Hall–Kier alpha value is -2.63. The van der Waals surface area contributed by atoms with Gasteiger partial charge in [0.2, 0.25) is 0 Å². The Balaban J connectivity index is 2.18. The number of pyridine rings is 1. The lowest BCUT2D eigenvalue weighted by Gasteiger charge is -2.03. The number of rotatable bonds is 2. The molecule has 0 spiro atoms. The van der Waals surface area contributed by atoms with E-state index in [1.165, 1.54) is 6.20 Å². The van der Waals surface area contributed by atoms with Gasteiger partial charge in [0.05, 0.1) is 31.4 Å². The van der Waals surface area contributed by atoms with Gasteiger partial charge < -0.3 is 10.5 Å². The fourth-order valence-electron chi connectivity index (χ4n) is 1.78. The minimum Gasteiger partial charge on any atom is -0.497 e. The summed E-state index contributed by atoms with van der Waals surface area (Å²) in [5, 5.41) is 0. The average molecular weight is 241 g/mol. The van der Waals surface area contributed by atoms with Gasteiger partial charge in [-0.3, -0.25) is 9.38 Å². The second-order valence-electron chi connectivity index (χ2n) is 3.77. The Morgan fingerprint density at radius 3 is 2.94 bits per heavy atom. The fourth-order valence-corrected chi connectivity index (χ4v) is 1.78. The lowest BCUT2D eigenvalue weighted by molar-refractivity contribution is 0.414. The van der Waals surface area contributed by atoms with E-state index in [4.69, 9.17) is 10.5 Å². The van der Waals surface area contributed by atoms with Crippen LogP contribution in [0.2, 0.25) is 0 Å².